The molecule has 1 amide bonds. The van der Waals surface area contributed by atoms with E-state index in [-0.39, 0.29) is 17.2 Å². The summed E-state index contributed by atoms with van der Waals surface area (Å²) >= 11 is 0. The van der Waals surface area contributed by atoms with E-state index in [1.165, 1.54) is 11.7 Å². The third-order valence-electron chi connectivity index (χ3n) is 3.37. The number of rotatable bonds is 6. The summed E-state index contributed by atoms with van der Waals surface area (Å²) in [5, 5.41) is 20.6. The molecular weight excluding hydrogens is 300 g/mol. The van der Waals surface area contributed by atoms with E-state index in [2.05, 4.69) is 38.2 Å². The van der Waals surface area contributed by atoms with Crippen LogP contribution in [-0.2, 0) is 14.1 Å². The zero-order valence-corrected chi connectivity index (χ0v) is 13.6. The molecule has 2 rings (SSSR count). The van der Waals surface area contributed by atoms with Gasteiger partial charge >= 0.3 is 0 Å². The van der Waals surface area contributed by atoms with Crippen LogP contribution in [0, 0.1) is 6.92 Å². The van der Waals surface area contributed by atoms with E-state index in [9.17, 15) is 9.59 Å². The zero-order chi connectivity index (χ0) is 17.0. The summed E-state index contributed by atoms with van der Waals surface area (Å²) in [6.45, 7) is 4.38. The minimum absolute atomic E-state index is 0.128. The van der Waals surface area contributed by atoms with Gasteiger partial charge in [-0.25, -0.2) is 9.36 Å². The standard InChI is InChI=1S/C13H20N8O2/c1-5-6-7-14-9-8(2)12(23)20(3)17-10(9)11(22)15-13-16-18-19-21(13)4/h14H,5-7H2,1-4H3,(H,15,16,19,22). The van der Waals surface area contributed by atoms with Gasteiger partial charge in [0.25, 0.3) is 11.5 Å². The van der Waals surface area contributed by atoms with Crippen molar-refractivity contribution in [3.63, 3.8) is 0 Å². The van der Waals surface area contributed by atoms with Crippen molar-refractivity contribution < 1.29 is 4.79 Å². The van der Waals surface area contributed by atoms with Crippen LogP contribution in [0.5, 0.6) is 0 Å². The van der Waals surface area contributed by atoms with Crippen LogP contribution in [0.4, 0.5) is 11.6 Å². The predicted octanol–water partition coefficient (Wildman–Crippen LogP) is 0.0765. The van der Waals surface area contributed by atoms with E-state index in [4.69, 9.17) is 0 Å². The van der Waals surface area contributed by atoms with Gasteiger partial charge in [-0.2, -0.15) is 5.10 Å². The highest BCUT2D eigenvalue weighted by atomic mass is 16.2. The number of unbranched alkanes of at least 4 members (excludes halogenated alkanes) is 1. The molecule has 0 aromatic carbocycles. The van der Waals surface area contributed by atoms with Crippen LogP contribution in [0.1, 0.15) is 35.8 Å². The maximum Gasteiger partial charge on any atom is 0.280 e. The monoisotopic (exact) mass is 320 g/mol. The molecule has 0 unspecified atom stereocenters. The molecule has 2 heterocycles. The van der Waals surface area contributed by atoms with Crippen LogP contribution in [0.15, 0.2) is 4.79 Å². The summed E-state index contributed by atoms with van der Waals surface area (Å²) in [7, 11) is 3.11. The van der Waals surface area contributed by atoms with Crippen molar-refractivity contribution in [3.8, 4) is 0 Å². The largest absolute Gasteiger partial charge is 0.383 e. The number of aryl methyl sites for hydroxylation is 2. The van der Waals surface area contributed by atoms with Gasteiger partial charge in [0.05, 0.1) is 5.69 Å². The highest BCUT2D eigenvalue weighted by molar-refractivity contribution is 6.05. The SMILES string of the molecule is CCCCNc1c(C(=O)Nc2nnnn2C)nn(C)c(=O)c1C. The third-order valence-corrected chi connectivity index (χ3v) is 3.37. The molecule has 0 aliphatic heterocycles. The van der Waals surface area contributed by atoms with Gasteiger partial charge in [0.2, 0.25) is 5.95 Å². The Balaban J connectivity index is 2.37. The van der Waals surface area contributed by atoms with Gasteiger partial charge in [-0.3, -0.25) is 14.9 Å². The lowest BCUT2D eigenvalue weighted by Gasteiger charge is -2.14. The number of hydrogen-bond acceptors (Lipinski definition) is 7. The van der Waals surface area contributed by atoms with Crippen LogP contribution in [0.25, 0.3) is 0 Å². The summed E-state index contributed by atoms with van der Waals surface area (Å²) < 4.78 is 2.47. The van der Waals surface area contributed by atoms with Crippen molar-refractivity contribution in [1.29, 1.82) is 0 Å². The van der Waals surface area contributed by atoms with Gasteiger partial charge in [-0.05, 0) is 23.8 Å². The van der Waals surface area contributed by atoms with E-state index >= 15 is 0 Å². The van der Waals surface area contributed by atoms with Crippen molar-refractivity contribution in [2.45, 2.75) is 26.7 Å². The average Bonchev–Trinajstić information content (AvgIpc) is 2.92. The highest BCUT2D eigenvalue weighted by Gasteiger charge is 2.20. The number of anilines is 2. The summed E-state index contributed by atoms with van der Waals surface area (Å²) in [5.74, 6) is -0.289. The Morgan fingerprint density at radius 1 is 1.26 bits per heavy atom. The normalized spacial score (nSPS) is 10.6. The molecule has 2 aromatic rings. The van der Waals surface area contributed by atoms with Crippen molar-refractivity contribution in [3.05, 3.63) is 21.6 Å². The molecule has 0 aliphatic rings. The van der Waals surface area contributed by atoms with Gasteiger partial charge in [-0.15, -0.1) is 0 Å². The molecule has 0 fully saturated rings. The maximum atomic E-state index is 12.5. The number of nitrogens with zero attached hydrogens (tertiary/aromatic N) is 6. The van der Waals surface area contributed by atoms with Crippen LogP contribution < -0.4 is 16.2 Å². The third kappa shape index (κ3) is 3.52. The number of aromatic nitrogens is 6. The lowest BCUT2D eigenvalue weighted by Crippen LogP contribution is -2.29. The molecule has 0 atom stereocenters. The fourth-order valence-corrected chi connectivity index (χ4v) is 2.03. The van der Waals surface area contributed by atoms with E-state index in [1.807, 2.05) is 0 Å². The van der Waals surface area contributed by atoms with E-state index < -0.39 is 5.91 Å². The number of carbonyl (C=O) groups is 1. The first-order chi connectivity index (χ1) is 11.0. The Bertz CT molecular complexity index is 764. The molecule has 2 aromatic heterocycles. The minimum Gasteiger partial charge on any atom is -0.383 e. The second kappa shape index (κ2) is 6.99. The Morgan fingerprint density at radius 2 is 2.00 bits per heavy atom. The van der Waals surface area contributed by atoms with E-state index in [0.29, 0.717) is 17.8 Å². The average molecular weight is 320 g/mol. The molecule has 2 N–H and O–H groups in total. The Kier molecular flexibility index (Phi) is 5.04. The lowest BCUT2D eigenvalue weighted by molar-refractivity contribution is 0.101. The number of hydrogen-bond donors (Lipinski definition) is 2. The van der Waals surface area contributed by atoms with Gasteiger partial charge in [0.1, 0.15) is 0 Å². The fraction of sp³-hybridized carbons (Fsp3) is 0.538. The number of amides is 1. The number of nitrogens with one attached hydrogen (secondary N) is 2. The molecule has 10 nitrogen and oxygen atoms in total. The molecule has 124 valence electrons. The molecule has 0 spiro atoms. The zero-order valence-electron chi connectivity index (χ0n) is 13.6. The Morgan fingerprint density at radius 3 is 2.61 bits per heavy atom. The van der Waals surface area contributed by atoms with Crippen LogP contribution in [-0.4, -0.2) is 42.4 Å². The second-order valence-corrected chi connectivity index (χ2v) is 5.14. The molecule has 10 heteroatoms. The van der Waals surface area contributed by atoms with Crippen molar-refractivity contribution in [2.24, 2.45) is 14.1 Å². The van der Waals surface area contributed by atoms with Crippen LogP contribution in [0.2, 0.25) is 0 Å². The van der Waals surface area contributed by atoms with E-state index in [1.54, 1.807) is 14.0 Å². The minimum atomic E-state index is -0.486. The summed E-state index contributed by atoms with van der Waals surface area (Å²) in [6.07, 6.45) is 1.92. The highest BCUT2D eigenvalue weighted by Crippen LogP contribution is 2.16. The molecule has 0 aliphatic carbocycles. The van der Waals surface area contributed by atoms with Gasteiger partial charge in [-0.1, -0.05) is 18.4 Å². The molecule has 0 saturated heterocycles. The molecule has 23 heavy (non-hydrogen) atoms. The predicted molar refractivity (Wildman–Crippen MR) is 84.4 cm³/mol. The maximum absolute atomic E-state index is 12.5. The first-order valence-corrected chi connectivity index (χ1v) is 7.31. The first-order valence-electron chi connectivity index (χ1n) is 7.31. The van der Waals surface area contributed by atoms with Crippen molar-refractivity contribution >= 4 is 17.5 Å². The molecule has 0 saturated carbocycles. The number of tetrazole rings is 1. The molecular formula is C13H20N8O2. The quantitative estimate of drug-likeness (QED) is 0.723. The smallest absolute Gasteiger partial charge is 0.280 e. The summed E-state index contributed by atoms with van der Waals surface area (Å²) in [6, 6.07) is 0. The van der Waals surface area contributed by atoms with Crippen molar-refractivity contribution in [1.82, 2.24) is 30.0 Å². The number of carbonyl (C=O) groups excluding carboxylic acids is 1. The lowest BCUT2D eigenvalue weighted by atomic mass is 10.2. The van der Waals surface area contributed by atoms with Gasteiger partial charge < -0.3 is 5.32 Å². The van der Waals surface area contributed by atoms with Crippen LogP contribution >= 0.6 is 0 Å². The Labute approximate surface area is 132 Å². The van der Waals surface area contributed by atoms with Gasteiger partial charge in [0, 0.05) is 26.2 Å². The summed E-state index contributed by atoms with van der Waals surface area (Å²) in [4.78, 5) is 24.6. The van der Waals surface area contributed by atoms with Crippen molar-refractivity contribution in [2.75, 3.05) is 17.2 Å². The first kappa shape index (κ1) is 16.6. The molecule has 0 bridgehead atoms. The fourth-order valence-electron chi connectivity index (χ4n) is 2.03. The second-order valence-electron chi connectivity index (χ2n) is 5.14. The summed E-state index contributed by atoms with van der Waals surface area (Å²) in [5.41, 5.74) is 0.763. The molecule has 0 radical (unpaired) electrons. The topological polar surface area (TPSA) is 120 Å². The van der Waals surface area contributed by atoms with E-state index in [0.717, 1.165) is 17.5 Å². The van der Waals surface area contributed by atoms with Crippen LogP contribution in [0.3, 0.4) is 0 Å². The Hall–Kier alpha value is -2.78. The van der Waals surface area contributed by atoms with Gasteiger partial charge in [0.15, 0.2) is 5.69 Å².